The standard InChI is InChI=1S/C18H25NO3/c1-13(6-5-9-14-7-3-2-4-8-14)17(20)19-16-11-10-15(12-16)18(21)22/h2-4,7-8,13,15-16H,5-6,9-12H2,1H3,(H,19,20)(H,21,22)/t13?,15-,16+/m0/s1. The Bertz CT molecular complexity index is 500. The maximum Gasteiger partial charge on any atom is 0.306 e. The predicted octanol–water partition coefficient (Wildman–Crippen LogP) is 3.01. The average Bonchev–Trinajstić information content (AvgIpc) is 2.97. The summed E-state index contributed by atoms with van der Waals surface area (Å²) in [5.41, 5.74) is 1.30. The molecule has 1 aromatic rings. The third kappa shape index (κ3) is 4.86. The Morgan fingerprint density at radius 1 is 1.27 bits per heavy atom. The van der Waals surface area contributed by atoms with Gasteiger partial charge in [0, 0.05) is 12.0 Å². The summed E-state index contributed by atoms with van der Waals surface area (Å²) in [6.45, 7) is 1.95. The van der Waals surface area contributed by atoms with E-state index in [-0.39, 0.29) is 23.8 Å². The summed E-state index contributed by atoms with van der Waals surface area (Å²) < 4.78 is 0. The van der Waals surface area contributed by atoms with Gasteiger partial charge in [0.15, 0.2) is 0 Å². The second kappa shape index (κ2) is 7.97. The van der Waals surface area contributed by atoms with Gasteiger partial charge in [-0.3, -0.25) is 9.59 Å². The second-order valence-electron chi connectivity index (χ2n) is 6.33. The number of rotatable bonds is 7. The first-order valence-electron chi connectivity index (χ1n) is 8.13. The van der Waals surface area contributed by atoms with E-state index in [0.717, 1.165) is 25.7 Å². The molecule has 4 heteroatoms. The Morgan fingerprint density at radius 2 is 2.00 bits per heavy atom. The van der Waals surface area contributed by atoms with Crippen molar-refractivity contribution in [2.45, 2.75) is 51.5 Å². The lowest BCUT2D eigenvalue weighted by atomic mass is 10.00. The Labute approximate surface area is 131 Å². The fraction of sp³-hybridized carbons (Fsp3) is 0.556. The second-order valence-corrected chi connectivity index (χ2v) is 6.33. The van der Waals surface area contributed by atoms with E-state index >= 15 is 0 Å². The zero-order valence-corrected chi connectivity index (χ0v) is 13.1. The molecule has 1 aliphatic carbocycles. The maximum absolute atomic E-state index is 12.2. The van der Waals surface area contributed by atoms with Crippen LogP contribution in [0.4, 0.5) is 0 Å². The molecule has 0 bridgehead atoms. The summed E-state index contributed by atoms with van der Waals surface area (Å²) >= 11 is 0. The van der Waals surface area contributed by atoms with Crippen molar-refractivity contribution in [3.63, 3.8) is 0 Å². The monoisotopic (exact) mass is 303 g/mol. The molecule has 1 aromatic carbocycles. The van der Waals surface area contributed by atoms with Gasteiger partial charge < -0.3 is 10.4 Å². The highest BCUT2D eigenvalue weighted by molar-refractivity contribution is 5.79. The van der Waals surface area contributed by atoms with Crippen molar-refractivity contribution in [2.24, 2.45) is 11.8 Å². The van der Waals surface area contributed by atoms with Gasteiger partial charge in [-0.25, -0.2) is 0 Å². The molecule has 0 saturated heterocycles. The zero-order valence-electron chi connectivity index (χ0n) is 13.1. The fourth-order valence-corrected chi connectivity index (χ4v) is 3.07. The zero-order chi connectivity index (χ0) is 15.9. The van der Waals surface area contributed by atoms with Crippen LogP contribution in [0.5, 0.6) is 0 Å². The number of nitrogens with one attached hydrogen (secondary N) is 1. The first-order chi connectivity index (χ1) is 10.6. The fourth-order valence-electron chi connectivity index (χ4n) is 3.07. The first kappa shape index (κ1) is 16.5. The first-order valence-corrected chi connectivity index (χ1v) is 8.13. The summed E-state index contributed by atoms with van der Waals surface area (Å²) in [6, 6.07) is 10.3. The van der Waals surface area contributed by atoms with Gasteiger partial charge in [-0.2, -0.15) is 0 Å². The van der Waals surface area contributed by atoms with Crippen LogP contribution in [0.1, 0.15) is 44.6 Å². The van der Waals surface area contributed by atoms with Gasteiger partial charge in [0.05, 0.1) is 5.92 Å². The number of carboxylic acids is 1. The van der Waals surface area contributed by atoms with Gasteiger partial charge in [0.2, 0.25) is 5.91 Å². The quantitative estimate of drug-likeness (QED) is 0.813. The van der Waals surface area contributed by atoms with Crippen molar-refractivity contribution >= 4 is 11.9 Å². The molecule has 22 heavy (non-hydrogen) atoms. The van der Waals surface area contributed by atoms with Crippen LogP contribution >= 0.6 is 0 Å². The molecular formula is C18H25NO3. The number of amides is 1. The van der Waals surface area contributed by atoms with Crippen LogP contribution in [0.15, 0.2) is 30.3 Å². The maximum atomic E-state index is 12.2. The smallest absolute Gasteiger partial charge is 0.306 e. The van der Waals surface area contributed by atoms with Gasteiger partial charge in [-0.15, -0.1) is 0 Å². The molecule has 2 rings (SSSR count). The minimum atomic E-state index is -0.743. The molecule has 3 atom stereocenters. The molecule has 1 aliphatic rings. The van der Waals surface area contributed by atoms with Crippen molar-refractivity contribution < 1.29 is 14.7 Å². The van der Waals surface area contributed by atoms with Crippen LogP contribution < -0.4 is 5.32 Å². The lowest BCUT2D eigenvalue weighted by Gasteiger charge is -2.17. The molecule has 120 valence electrons. The van der Waals surface area contributed by atoms with E-state index in [2.05, 4.69) is 17.4 Å². The molecule has 2 N–H and O–H groups in total. The van der Waals surface area contributed by atoms with Crippen LogP contribution in [0.25, 0.3) is 0 Å². The minimum absolute atomic E-state index is 0.0207. The number of benzene rings is 1. The topological polar surface area (TPSA) is 66.4 Å². The Balaban J connectivity index is 1.68. The molecular weight excluding hydrogens is 278 g/mol. The van der Waals surface area contributed by atoms with Crippen LogP contribution in [-0.2, 0) is 16.0 Å². The van der Waals surface area contributed by atoms with Gasteiger partial charge in [0.25, 0.3) is 0 Å². The number of hydrogen-bond donors (Lipinski definition) is 2. The summed E-state index contributed by atoms with van der Waals surface area (Å²) in [6.07, 6.45) is 4.85. The van der Waals surface area contributed by atoms with Crippen LogP contribution in [0, 0.1) is 11.8 Å². The summed E-state index contributed by atoms with van der Waals surface area (Å²) in [5, 5.41) is 12.0. The number of carbonyl (C=O) groups excluding carboxylic acids is 1. The third-order valence-electron chi connectivity index (χ3n) is 4.52. The number of carboxylic acid groups (broad SMARTS) is 1. The molecule has 1 unspecified atom stereocenters. The van der Waals surface area contributed by atoms with E-state index in [1.165, 1.54) is 5.56 Å². The molecule has 0 aliphatic heterocycles. The van der Waals surface area contributed by atoms with E-state index in [0.29, 0.717) is 12.8 Å². The number of aryl methyl sites for hydroxylation is 1. The highest BCUT2D eigenvalue weighted by atomic mass is 16.4. The van der Waals surface area contributed by atoms with Crippen LogP contribution in [0.3, 0.4) is 0 Å². The van der Waals surface area contributed by atoms with Crippen molar-refractivity contribution in [3.05, 3.63) is 35.9 Å². The molecule has 0 heterocycles. The van der Waals surface area contributed by atoms with E-state index in [1.54, 1.807) is 0 Å². The largest absolute Gasteiger partial charge is 0.481 e. The summed E-state index contributed by atoms with van der Waals surface area (Å²) in [7, 11) is 0. The Kier molecular flexibility index (Phi) is 5.99. The van der Waals surface area contributed by atoms with Gasteiger partial charge in [0.1, 0.15) is 0 Å². The Morgan fingerprint density at radius 3 is 2.64 bits per heavy atom. The molecule has 1 saturated carbocycles. The lowest BCUT2D eigenvalue weighted by molar-refractivity contribution is -0.141. The molecule has 0 aromatic heterocycles. The Hall–Kier alpha value is -1.84. The van der Waals surface area contributed by atoms with E-state index in [4.69, 9.17) is 5.11 Å². The van der Waals surface area contributed by atoms with Crippen molar-refractivity contribution in [2.75, 3.05) is 0 Å². The predicted molar refractivity (Wildman–Crippen MR) is 85.5 cm³/mol. The number of hydrogen-bond acceptors (Lipinski definition) is 2. The van der Waals surface area contributed by atoms with E-state index < -0.39 is 5.97 Å². The molecule has 0 spiro atoms. The van der Waals surface area contributed by atoms with E-state index in [1.807, 2.05) is 25.1 Å². The van der Waals surface area contributed by atoms with Crippen LogP contribution in [0.2, 0.25) is 0 Å². The average molecular weight is 303 g/mol. The van der Waals surface area contributed by atoms with Crippen molar-refractivity contribution in [3.8, 4) is 0 Å². The molecule has 1 fully saturated rings. The van der Waals surface area contributed by atoms with Crippen molar-refractivity contribution in [1.29, 1.82) is 0 Å². The molecule has 4 nitrogen and oxygen atoms in total. The van der Waals surface area contributed by atoms with Gasteiger partial charge >= 0.3 is 5.97 Å². The molecule has 1 amide bonds. The van der Waals surface area contributed by atoms with Crippen molar-refractivity contribution in [1.82, 2.24) is 5.32 Å². The SMILES string of the molecule is CC(CCCc1ccccc1)C(=O)N[C@@H]1CC[C@H](C(=O)O)C1. The molecule has 0 radical (unpaired) electrons. The summed E-state index contributed by atoms with van der Waals surface area (Å²) in [5.74, 6) is -0.997. The van der Waals surface area contributed by atoms with Crippen LogP contribution in [-0.4, -0.2) is 23.0 Å². The minimum Gasteiger partial charge on any atom is -0.481 e. The lowest BCUT2D eigenvalue weighted by Crippen LogP contribution is -2.37. The number of aliphatic carboxylic acids is 1. The normalized spacial score (nSPS) is 22.2. The number of carbonyl (C=O) groups is 2. The third-order valence-corrected chi connectivity index (χ3v) is 4.52. The van der Waals surface area contributed by atoms with Gasteiger partial charge in [-0.05, 0) is 44.1 Å². The highest BCUT2D eigenvalue weighted by Gasteiger charge is 2.31. The van der Waals surface area contributed by atoms with E-state index in [9.17, 15) is 9.59 Å². The summed E-state index contributed by atoms with van der Waals surface area (Å²) in [4.78, 5) is 23.1. The highest BCUT2D eigenvalue weighted by Crippen LogP contribution is 2.26. The van der Waals surface area contributed by atoms with Gasteiger partial charge in [-0.1, -0.05) is 37.3 Å².